The van der Waals surface area contributed by atoms with E-state index in [1.54, 1.807) is 31.3 Å². The third-order valence-electron chi connectivity index (χ3n) is 3.65. The van der Waals surface area contributed by atoms with Crippen LogP contribution in [0.2, 0.25) is 0 Å². The third kappa shape index (κ3) is 5.60. The molecule has 0 radical (unpaired) electrons. The van der Waals surface area contributed by atoms with E-state index in [2.05, 4.69) is 4.72 Å². The van der Waals surface area contributed by atoms with Crippen LogP contribution >= 0.6 is 0 Å². The fourth-order valence-electron chi connectivity index (χ4n) is 1.87. The first-order valence-corrected chi connectivity index (χ1v) is 9.00. The molecule has 0 saturated heterocycles. The van der Waals surface area contributed by atoms with Crippen LogP contribution in [0.5, 0.6) is 0 Å². The first-order valence-electron chi connectivity index (χ1n) is 7.52. The molecular weight excluding hydrogens is 314 g/mol. The number of hydrogen-bond donors (Lipinski definition) is 2. The molecule has 1 aromatic carbocycles. The summed E-state index contributed by atoms with van der Waals surface area (Å²) in [6.07, 6.45) is 0. The monoisotopic (exact) mass is 341 g/mol. The number of nitrogens with one attached hydrogen (secondary N) is 1. The second-order valence-electron chi connectivity index (χ2n) is 6.81. The zero-order valence-electron chi connectivity index (χ0n) is 14.5. The van der Waals surface area contributed by atoms with Crippen LogP contribution in [-0.2, 0) is 14.8 Å². The van der Waals surface area contributed by atoms with Gasteiger partial charge in [-0.2, -0.15) is 0 Å². The van der Waals surface area contributed by atoms with Crippen molar-refractivity contribution in [3.8, 4) is 0 Å². The number of likely N-dealkylation sites (N-methyl/N-ethyl adjacent to an activating group) is 1. The van der Waals surface area contributed by atoms with Gasteiger partial charge in [-0.05, 0) is 24.5 Å². The fourth-order valence-corrected chi connectivity index (χ4v) is 2.89. The molecule has 0 aromatic heterocycles. The summed E-state index contributed by atoms with van der Waals surface area (Å²) in [5.74, 6) is -0.202. The predicted octanol–water partition coefficient (Wildman–Crippen LogP) is 1.11. The van der Waals surface area contributed by atoms with Crippen molar-refractivity contribution in [2.45, 2.75) is 38.6 Å². The molecule has 0 aliphatic heterocycles. The first-order chi connectivity index (χ1) is 10.4. The van der Waals surface area contributed by atoms with Crippen LogP contribution in [0.25, 0.3) is 0 Å². The SMILES string of the molecule is Cc1ccc(S(=O)(=O)NCCN(C)C(=O)[C@@H](N)C(C)(C)C)cc1. The van der Waals surface area contributed by atoms with E-state index in [0.717, 1.165) is 5.56 Å². The lowest BCUT2D eigenvalue weighted by Gasteiger charge is -2.30. The van der Waals surface area contributed by atoms with Gasteiger partial charge in [-0.1, -0.05) is 38.5 Å². The van der Waals surface area contributed by atoms with E-state index < -0.39 is 16.1 Å². The number of rotatable bonds is 6. The quantitative estimate of drug-likeness (QED) is 0.810. The molecule has 6 nitrogen and oxygen atoms in total. The Hall–Kier alpha value is -1.44. The van der Waals surface area contributed by atoms with E-state index in [0.29, 0.717) is 0 Å². The van der Waals surface area contributed by atoms with E-state index >= 15 is 0 Å². The maximum Gasteiger partial charge on any atom is 0.240 e. The highest BCUT2D eigenvalue weighted by Crippen LogP contribution is 2.18. The average molecular weight is 341 g/mol. The number of nitrogens with zero attached hydrogens (tertiary/aromatic N) is 1. The van der Waals surface area contributed by atoms with Gasteiger partial charge >= 0.3 is 0 Å². The van der Waals surface area contributed by atoms with Crippen molar-refractivity contribution in [3.05, 3.63) is 29.8 Å². The van der Waals surface area contributed by atoms with Gasteiger partial charge in [0.05, 0.1) is 10.9 Å². The van der Waals surface area contributed by atoms with Crippen molar-refractivity contribution in [3.63, 3.8) is 0 Å². The van der Waals surface area contributed by atoms with Gasteiger partial charge < -0.3 is 10.6 Å². The van der Waals surface area contributed by atoms with E-state index in [1.165, 1.54) is 4.90 Å². The molecule has 130 valence electrons. The smallest absolute Gasteiger partial charge is 0.240 e. The van der Waals surface area contributed by atoms with E-state index in [-0.39, 0.29) is 29.3 Å². The molecule has 3 N–H and O–H groups in total. The molecule has 7 heteroatoms. The van der Waals surface area contributed by atoms with Crippen molar-refractivity contribution in [2.24, 2.45) is 11.1 Å². The summed E-state index contributed by atoms with van der Waals surface area (Å²) in [5.41, 5.74) is 6.58. The van der Waals surface area contributed by atoms with Gasteiger partial charge in [0.15, 0.2) is 0 Å². The Bertz CT molecular complexity index is 634. The second kappa shape index (κ2) is 7.42. The van der Waals surface area contributed by atoms with Gasteiger partial charge in [0, 0.05) is 20.1 Å². The van der Waals surface area contributed by atoms with E-state index in [1.807, 2.05) is 27.7 Å². The van der Waals surface area contributed by atoms with Gasteiger partial charge in [0.25, 0.3) is 0 Å². The summed E-state index contributed by atoms with van der Waals surface area (Å²) in [6.45, 7) is 7.96. The Kier molecular flexibility index (Phi) is 6.33. The zero-order chi connectivity index (χ0) is 17.8. The van der Waals surface area contributed by atoms with Gasteiger partial charge in [0.2, 0.25) is 15.9 Å². The largest absolute Gasteiger partial charge is 0.343 e. The number of hydrogen-bond acceptors (Lipinski definition) is 4. The van der Waals surface area contributed by atoms with Gasteiger partial charge in [-0.15, -0.1) is 0 Å². The Morgan fingerprint density at radius 3 is 2.26 bits per heavy atom. The molecule has 0 heterocycles. The first kappa shape index (κ1) is 19.6. The van der Waals surface area contributed by atoms with Gasteiger partial charge in [-0.25, -0.2) is 13.1 Å². The summed E-state index contributed by atoms with van der Waals surface area (Å²) in [4.78, 5) is 13.8. The molecule has 1 rings (SSSR count). The highest BCUT2D eigenvalue weighted by molar-refractivity contribution is 7.89. The maximum atomic E-state index is 12.2. The minimum atomic E-state index is -3.57. The molecule has 1 aromatic rings. The summed E-state index contributed by atoms with van der Waals surface area (Å²) < 4.78 is 26.8. The lowest BCUT2D eigenvalue weighted by Crippen LogP contribution is -2.50. The number of amides is 1. The van der Waals surface area contributed by atoms with Crippen LogP contribution in [0.15, 0.2) is 29.2 Å². The molecule has 0 spiro atoms. The Morgan fingerprint density at radius 1 is 1.26 bits per heavy atom. The molecule has 0 aliphatic rings. The molecule has 0 fully saturated rings. The number of benzene rings is 1. The number of nitrogens with two attached hydrogens (primary N) is 1. The summed E-state index contributed by atoms with van der Waals surface area (Å²) in [7, 11) is -1.95. The maximum absolute atomic E-state index is 12.2. The normalized spacial score (nSPS) is 13.7. The van der Waals surface area contributed by atoms with Crippen LogP contribution in [0.1, 0.15) is 26.3 Å². The fraction of sp³-hybridized carbons (Fsp3) is 0.562. The number of carbonyl (C=O) groups excluding carboxylic acids is 1. The zero-order valence-corrected chi connectivity index (χ0v) is 15.3. The minimum Gasteiger partial charge on any atom is -0.343 e. The summed E-state index contributed by atoms with van der Waals surface area (Å²) >= 11 is 0. The van der Waals surface area contributed by atoms with Crippen LogP contribution in [0.4, 0.5) is 0 Å². The number of carbonyl (C=O) groups is 1. The lowest BCUT2D eigenvalue weighted by atomic mass is 9.86. The summed E-state index contributed by atoms with van der Waals surface area (Å²) in [5, 5.41) is 0. The van der Waals surface area contributed by atoms with Crippen molar-refractivity contribution < 1.29 is 13.2 Å². The molecule has 1 atom stereocenters. The number of sulfonamides is 1. The molecule has 0 bridgehead atoms. The van der Waals surface area contributed by atoms with Crippen LogP contribution < -0.4 is 10.5 Å². The van der Waals surface area contributed by atoms with Crippen LogP contribution in [0, 0.1) is 12.3 Å². The van der Waals surface area contributed by atoms with Crippen LogP contribution in [0.3, 0.4) is 0 Å². The highest BCUT2D eigenvalue weighted by atomic mass is 32.2. The van der Waals surface area contributed by atoms with Crippen molar-refractivity contribution in [1.29, 1.82) is 0 Å². The molecular formula is C16H27N3O3S. The van der Waals surface area contributed by atoms with Crippen LogP contribution in [-0.4, -0.2) is 45.4 Å². The van der Waals surface area contributed by atoms with Crippen molar-refractivity contribution in [2.75, 3.05) is 20.1 Å². The van der Waals surface area contributed by atoms with Crippen molar-refractivity contribution >= 4 is 15.9 Å². The highest BCUT2D eigenvalue weighted by Gasteiger charge is 2.29. The lowest BCUT2D eigenvalue weighted by molar-refractivity contribution is -0.133. The van der Waals surface area contributed by atoms with E-state index in [9.17, 15) is 13.2 Å². The Morgan fingerprint density at radius 2 is 1.78 bits per heavy atom. The Balaban J connectivity index is 2.59. The average Bonchev–Trinajstić information content (AvgIpc) is 2.44. The molecule has 1 amide bonds. The topological polar surface area (TPSA) is 92.5 Å². The summed E-state index contributed by atoms with van der Waals surface area (Å²) in [6, 6.07) is 5.98. The standard InChI is InChI=1S/C16H27N3O3S/c1-12-6-8-13(9-7-12)23(21,22)18-10-11-19(5)15(20)14(17)16(2,3)4/h6-9,14,18H,10-11,17H2,1-5H3/t14-/m1/s1. The second-order valence-corrected chi connectivity index (χ2v) is 8.58. The van der Waals surface area contributed by atoms with Gasteiger partial charge in [0.1, 0.15) is 0 Å². The predicted molar refractivity (Wildman–Crippen MR) is 91.4 cm³/mol. The van der Waals surface area contributed by atoms with E-state index in [4.69, 9.17) is 5.73 Å². The van der Waals surface area contributed by atoms with Crippen molar-refractivity contribution in [1.82, 2.24) is 9.62 Å². The van der Waals surface area contributed by atoms with Gasteiger partial charge in [-0.3, -0.25) is 4.79 Å². The minimum absolute atomic E-state index is 0.134. The number of aryl methyl sites for hydroxylation is 1. The Labute approximate surface area is 139 Å². The third-order valence-corrected chi connectivity index (χ3v) is 5.12. The molecule has 23 heavy (non-hydrogen) atoms. The molecule has 0 unspecified atom stereocenters. The molecule has 0 saturated carbocycles. The molecule has 0 aliphatic carbocycles.